The van der Waals surface area contributed by atoms with E-state index >= 15 is 0 Å². The zero-order valence-electron chi connectivity index (χ0n) is 16.2. The maximum absolute atomic E-state index is 12.5. The van der Waals surface area contributed by atoms with Gasteiger partial charge in [-0.25, -0.2) is 5.43 Å². The van der Waals surface area contributed by atoms with E-state index in [1.54, 1.807) is 6.07 Å². The van der Waals surface area contributed by atoms with Crippen LogP contribution in [-0.2, 0) is 10.1 Å². The summed E-state index contributed by atoms with van der Waals surface area (Å²) >= 11 is 5.79. The average Bonchev–Trinajstić information content (AvgIpc) is 2.75. The van der Waals surface area contributed by atoms with Crippen molar-refractivity contribution in [2.24, 2.45) is 5.10 Å². The summed E-state index contributed by atoms with van der Waals surface area (Å²) in [6, 6.07) is 15.7. The van der Waals surface area contributed by atoms with Crippen molar-refractivity contribution in [3.05, 3.63) is 82.9 Å². The molecule has 0 aliphatic heterocycles. The van der Waals surface area contributed by atoms with Crippen LogP contribution in [0.15, 0.2) is 76.7 Å². The molecule has 0 atom stereocenters. The van der Waals surface area contributed by atoms with E-state index in [0.717, 1.165) is 0 Å². The van der Waals surface area contributed by atoms with E-state index in [4.69, 9.17) is 20.5 Å². The number of hydrazone groups is 1. The lowest BCUT2D eigenvalue weighted by molar-refractivity contribution is 0.0955. The quantitative estimate of drug-likeness (QED) is 0.316. The first-order valence-electron chi connectivity index (χ1n) is 8.79. The fraction of sp³-hybridized carbons (Fsp3) is 0.0476. The van der Waals surface area contributed by atoms with Gasteiger partial charge in [-0.2, -0.15) is 13.5 Å². The summed E-state index contributed by atoms with van der Waals surface area (Å²) in [7, 11) is -2.72. The molecule has 3 aromatic rings. The highest BCUT2D eigenvalue weighted by Crippen LogP contribution is 2.30. The van der Waals surface area contributed by atoms with Crippen LogP contribution < -0.4 is 14.3 Å². The topological polar surface area (TPSA) is 114 Å². The Morgan fingerprint density at radius 2 is 1.71 bits per heavy atom. The molecule has 10 heteroatoms. The van der Waals surface area contributed by atoms with Gasteiger partial charge in [-0.05, 0) is 72.3 Å². The van der Waals surface area contributed by atoms with Gasteiger partial charge >= 0.3 is 10.1 Å². The van der Waals surface area contributed by atoms with Crippen molar-refractivity contribution < 1.29 is 27.2 Å². The van der Waals surface area contributed by atoms with Gasteiger partial charge in [-0.1, -0.05) is 11.6 Å². The molecule has 31 heavy (non-hydrogen) atoms. The molecule has 0 heterocycles. The molecule has 0 saturated carbocycles. The maximum atomic E-state index is 12.5. The molecule has 160 valence electrons. The van der Waals surface area contributed by atoms with Crippen molar-refractivity contribution in [3.8, 4) is 17.2 Å². The highest BCUT2D eigenvalue weighted by molar-refractivity contribution is 7.87. The fourth-order valence-corrected chi connectivity index (χ4v) is 3.51. The zero-order valence-corrected chi connectivity index (χ0v) is 17.7. The molecule has 0 bridgehead atoms. The van der Waals surface area contributed by atoms with Crippen LogP contribution in [0.2, 0.25) is 5.02 Å². The Morgan fingerprint density at radius 1 is 1.03 bits per heavy atom. The minimum Gasteiger partial charge on any atom is -0.508 e. The molecule has 3 rings (SSSR count). The Hall–Kier alpha value is -3.56. The molecule has 8 nitrogen and oxygen atoms in total. The standard InChI is InChI=1S/C21H17ClN2O6S/c1-29-20-12-14(13-23-24-21(26)15-3-7-17(25)8-4-15)2-11-19(20)30-31(27,28)18-9-5-16(22)6-10-18/h2-13,25H,1H3,(H,24,26)/b23-13+. The van der Waals surface area contributed by atoms with Gasteiger partial charge < -0.3 is 14.0 Å². The number of benzene rings is 3. The number of methoxy groups -OCH3 is 1. The number of rotatable bonds is 7. The van der Waals surface area contributed by atoms with E-state index in [1.807, 2.05) is 0 Å². The van der Waals surface area contributed by atoms with Gasteiger partial charge in [-0.15, -0.1) is 0 Å². The Kier molecular flexibility index (Phi) is 6.78. The second-order valence-corrected chi connectivity index (χ2v) is 8.13. The maximum Gasteiger partial charge on any atom is 0.339 e. The summed E-state index contributed by atoms with van der Waals surface area (Å²) in [4.78, 5) is 12.0. The monoisotopic (exact) mass is 460 g/mol. The van der Waals surface area contributed by atoms with Gasteiger partial charge in [0.15, 0.2) is 11.5 Å². The zero-order chi connectivity index (χ0) is 22.4. The van der Waals surface area contributed by atoms with Crippen LogP contribution >= 0.6 is 11.6 Å². The largest absolute Gasteiger partial charge is 0.508 e. The van der Waals surface area contributed by atoms with Crippen molar-refractivity contribution in [2.45, 2.75) is 4.90 Å². The molecule has 2 N–H and O–H groups in total. The molecule has 0 spiro atoms. The predicted octanol–water partition coefficient (Wildman–Crippen LogP) is 3.59. The minimum absolute atomic E-state index is 0.0114. The smallest absolute Gasteiger partial charge is 0.339 e. The van der Waals surface area contributed by atoms with E-state index in [0.29, 0.717) is 16.1 Å². The third-order valence-corrected chi connectivity index (χ3v) is 5.50. The molecule has 3 aromatic carbocycles. The van der Waals surface area contributed by atoms with Crippen LogP contribution in [0.5, 0.6) is 17.2 Å². The fourth-order valence-electron chi connectivity index (χ4n) is 2.44. The van der Waals surface area contributed by atoms with Crippen molar-refractivity contribution in [1.82, 2.24) is 5.43 Å². The summed E-state index contributed by atoms with van der Waals surface area (Å²) in [5.41, 5.74) is 3.20. The molecule has 0 radical (unpaired) electrons. The number of amides is 1. The summed E-state index contributed by atoms with van der Waals surface area (Å²) < 4.78 is 35.3. The van der Waals surface area contributed by atoms with Crippen LogP contribution in [-0.4, -0.2) is 32.8 Å². The number of nitrogens with zero attached hydrogens (tertiary/aromatic N) is 1. The predicted molar refractivity (Wildman–Crippen MR) is 115 cm³/mol. The van der Waals surface area contributed by atoms with Crippen LogP contribution in [0.1, 0.15) is 15.9 Å². The van der Waals surface area contributed by atoms with Crippen molar-refractivity contribution in [3.63, 3.8) is 0 Å². The first-order chi connectivity index (χ1) is 14.8. The second-order valence-electron chi connectivity index (χ2n) is 6.15. The lowest BCUT2D eigenvalue weighted by Crippen LogP contribution is -2.17. The summed E-state index contributed by atoms with van der Waals surface area (Å²) in [5.74, 6) is -0.265. The van der Waals surface area contributed by atoms with E-state index in [-0.39, 0.29) is 22.1 Å². The highest BCUT2D eigenvalue weighted by Gasteiger charge is 2.19. The lowest BCUT2D eigenvalue weighted by Gasteiger charge is -2.11. The van der Waals surface area contributed by atoms with Crippen LogP contribution in [0, 0.1) is 0 Å². The summed E-state index contributed by atoms with van der Waals surface area (Å²) in [6.07, 6.45) is 1.36. The number of phenolic OH excluding ortho intramolecular Hbond substituents is 1. The van der Waals surface area contributed by atoms with Crippen LogP contribution in [0.3, 0.4) is 0 Å². The second kappa shape index (κ2) is 9.50. The van der Waals surface area contributed by atoms with Gasteiger partial charge in [-0.3, -0.25) is 4.79 Å². The molecule has 0 aliphatic carbocycles. The molecule has 0 aromatic heterocycles. The Balaban J connectivity index is 1.72. The molecule has 0 aliphatic rings. The molecular weight excluding hydrogens is 444 g/mol. The average molecular weight is 461 g/mol. The number of phenols is 1. The van der Waals surface area contributed by atoms with Crippen molar-refractivity contribution >= 4 is 33.8 Å². The number of carbonyl (C=O) groups excluding carboxylic acids is 1. The Morgan fingerprint density at radius 3 is 2.35 bits per heavy atom. The molecule has 0 fully saturated rings. The van der Waals surface area contributed by atoms with Crippen LogP contribution in [0.4, 0.5) is 0 Å². The summed E-state index contributed by atoms with van der Waals surface area (Å²) in [5, 5.41) is 13.5. The SMILES string of the molecule is COc1cc(/C=N/NC(=O)c2ccc(O)cc2)ccc1OS(=O)(=O)c1ccc(Cl)cc1. The van der Waals surface area contributed by atoms with Crippen LogP contribution in [0.25, 0.3) is 0 Å². The van der Waals surface area contributed by atoms with Gasteiger partial charge in [0.2, 0.25) is 0 Å². The first kappa shape index (κ1) is 22.1. The van der Waals surface area contributed by atoms with Gasteiger partial charge in [0, 0.05) is 10.6 Å². The molecule has 1 amide bonds. The van der Waals surface area contributed by atoms with Gasteiger partial charge in [0.25, 0.3) is 5.91 Å². The number of aromatic hydroxyl groups is 1. The van der Waals surface area contributed by atoms with E-state index in [2.05, 4.69) is 10.5 Å². The third kappa shape index (κ3) is 5.74. The number of hydrogen-bond acceptors (Lipinski definition) is 7. The van der Waals surface area contributed by atoms with Crippen molar-refractivity contribution in [1.29, 1.82) is 0 Å². The number of hydrogen-bond donors (Lipinski definition) is 2. The number of halogens is 1. The molecule has 0 saturated heterocycles. The minimum atomic E-state index is -4.08. The molecule has 0 unspecified atom stereocenters. The number of ether oxygens (including phenoxy) is 1. The normalized spacial score (nSPS) is 11.3. The highest BCUT2D eigenvalue weighted by atomic mass is 35.5. The summed E-state index contributed by atoms with van der Waals surface area (Å²) in [6.45, 7) is 0. The number of carbonyl (C=O) groups is 1. The Labute approximate surface area is 183 Å². The van der Waals surface area contributed by atoms with E-state index < -0.39 is 16.0 Å². The molecular formula is C21H17ClN2O6S. The number of nitrogens with one attached hydrogen (secondary N) is 1. The van der Waals surface area contributed by atoms with Crippen molar-refractivity contribution in [2.75, 3.05) is 7.11 Å². The third-order valence-electron chi connectivity index (χ3n) is 4.00. The van der Waals surface area contributed by atoms with E-state index in [1.165, 1.54) is 74.0 Å². The van der Waals surface area contributed by atoms with E-state index in [9.17, 15) is 18.3 Å². The van der Waals surface area contributed by atoms with Gasteiger partial charge in [0.05, 0.1) is 13.3 Å². The van der Waals surface area contributed by atoms with Gasteiger partial charge in [0.1, 0.15) is 10.6 Å². The lowest BCUT2D eigenvalue weighted by atomic mass is 10.2. The Bertz CT molecular complexity index is 1210. The first-order valence-corrected chi connectivity index (χ1v) is 10.6.